The van der Waals surface area contributed by atoms with Crippen molar-refractivity contribution >= 4 is 16.8 Å². The maximum Gasteiger partial charge on any atom is 0.244 e. The number of amides is 1. The third-order valence-corrected chi connectivity index (χ3v) is 5.53. The first kappa shape index (κ1) is 18.4. The highest BCUT2D eigenvalue weighted by molar-refractivity contribution is 5.81. The van der Waals surface area contributed by atoms with Crippen LogP contribution in [0.3, 0.4) is 0 Å². The van der Waals surface area contributed by atoms with E-state index < -0.39 is 6.10 Å². The number of para-hydroxylation sites is 1. The van der Waals surface area contributed by atoms with Crippen LogP contribution < -0.4 is 5.43 Å². The highest BCUT2D eigenvalue weighted by Crippen LogP contribution is 2.30. The van der Waals surface area contributed by atoms with Crippen LogP contribution in [0.15, 0.2) is 65.6 Å². The average molecular weight is 377 g/mol. The number of aliphatic hydroxyl groups is 1. The Morgan fingerprint density at radius 2 is 1.75 bits per heavy atom. The van der Waals surface area contributed by atoms with Crippen LogP contribution in [0.5, 0.6) is 0 Å². The van der Waals surface area contributed by atoms with Gasteiger partial charge in [0.25, 0.3) is 0 Å². The Kier molecular flexibility index (Phi) is 5.21. The topological polar surface area (TPSA) is 75.4 Å². The first-order valence-corrected chi connectivity index (χ1v) is 9.59. The van der Waals surface area contributed by atoms with Crippen molar-refractivity contribution < 1.29 is 9.90 Å². The van der Waals surface area contributed by atoms with Gasteiger partial charge in [-0.2, -0.15) is 5.10 Å². The van der Waals surface area contributed by atoms with Gasteiger partial charge >= 0.3 is 0 Å². The van der Waals surface area contributed by atoms with Gasteiger partial charge in [0, 0.05) is 18.5 Å². The van der Waals surface area contributed by atoms with Crippen LogP contribution >= 0.6 is 0 Å². The van der Waals surface area contributed by atoms with Crippen LogP contribution in [-0.4, -0.2) is 38.8 Å². The predicted octanol–water partition coefficient (Wildman–Crippen LogP) is 2.37. The van der Waals surface area contributed by atoms with E-state index in [1.54, 1.807) is 22.9 Å². The fourth-order valence-corrected chi connectivity index (χ4v) is 3.90. The maximum absolute atomic E-state index is 12.8. The number of benzene rings is 2. The first-order valence-electron chi connectivity index (χ1n) is 9.59. The zero-order valence-corrected chi connectivity index (χ0v) is 15.6. The quantitative estimate of drug-likeness (QED) is 0.757. The SMILES string of the molecule is O=C(Cn1ncc(=O)c2ccccc21)N1CCC(C(O)c2ccccc2)CC1. The lowest BCUT2D eigenvalue weighted by Crippen LogP contribution is -2.41. The highest BCUT2D eigenvalue weighted by atomic mass is 16.3. The number of nitrogens with zero attached hydrogens (tertiary/aromatic N) is 3. The second-order valence-electron chi connectivity index (χ2n) is 7.26. The molecule has 0 spiro atoms. The molecular formula is C22H23N3O3. The monoisotopic (exact) mass is 377 g/mol. The maximum atomic E-state index is 12.8. The van der Waals surface area contributed by atoms with Crippen LogP contribution in [0.1, 0.15) is 24.5 Å². The van der Waals surface area contributed by atoms with Crippen molar-refractivity contribution in [3.05, 3.63) is 76.6 Å². The molecule has 1 aliphatic heterocycles. The molecular weight excluding hydrogens is 354 g/mol. The number of fused-ring (bicyclic) bond motifs is 1. The number of rotatable bonds is 4. The number of piperidine rings is 1. The minimum atomic E-state index is -0.497. The van der Waals surface area contributed by atoms with Gasteiger partial charge in [-0.05, 0) is 36.5 Å². The largest absolute Gasteiger partial charge is 0.388 e. The number of likely N-dealkylation sites (tertiary alicyclic amines) is 1. The van der Waals surface area contributed by atoms with Gasteiger partial charge in [-0.3, -0.25) is 14.3 Å². The molecule has 0 bridgehead atoms. The van der Waals surface area contributed by atoms with Crippen molar-refractivity contribution in [1.82, 2.24) is 14.7 Å². The van der Waals surface area contributed by atoms with E-state index >= 15 is 0 Å². The first-order chi connectivity index (χ1) is 13.6. The molecule has 6 heteroatoms. The summed E-state index contributed by atoms with van der Waals surface area (Å²) in [5, 5.41) is 15.3. The summed E-state index contributed by atoms with van der Waals surface area (Å²) >= 11 is 0. The van der Waals surface area contributed by atoms with E-state index in [1.807, 2.05) is 41.3 Å². The summed E-state index contributed by atoms with van der Waals surface area (Å²) in [4.78, 5) is 26.5. The molecule has 3 aromatic rings. The summed E-state index contributed by atoms with van der Waals surface area (Å²) in [6, 6.07) is 16.9. The molecule has 1 amide bonds. The standard InChI is InChI=1S/C22H23N3O3/c26-20-14-23-25(19-9-5-4-8-18(19)20)15-21(27)24-12-10-17(11-13-24)22(28)16-6-2-1-3-7-16/h1-9,14,17,22,28H,10-13,15H2. The van der Waals surface area contributed by atoms with E-state index in [4.69, 9.17) is 0 Å². The van der Waals surface area contributed by atoms with Crippen LogP contribution in [0.2, 0.25) is 0 Å². The molecule has 4 rings (SSSR count). The van der Waals surface area contributed by atoms with Crippen LogP contribution in [0.4, 0.5) is 0 Å². The second kappa shape index (κ2) is 7.94. The van der Waals surface area contributed by atoms with Crippen molar-refractivity contribution in [3.8, 4) is 0 Å². The fourth-order valence-electron chi connectivity index (χ4n) is 3.90. The third-order valence-electron chi connectivity index (χ3n) is 5.53. The number of hydrogen-bond acceptors (Lipinski definition) is 4. The van der Waals surface area contributed by atoms with Gasteiger partial charge in [0.15, 0.2) is 0 Å². The summed E-state index contributed by atoms with van der Waals surface area (Å²) in [6.07, 6.45) is 2.29. The number of hydrogen-bond donors (Lipinski definition) is 1. The van der Waals surface area contributed by atoms with Crippen LogP contribution in [0.25, 0.3) is 10.9 Å². The van der Waals surface area contributed by atoms with Crippen molar-refractivity contribution in [1.29, 1.82) is 0 Å². The molecule has 0 radical (unpaired) electrons. The number of carbonyl (C=O) groups excluding carboxylic acids is 1. The van der Waals surface area contributed by atoms with Crippen LogP contribution in [0, 0.1) is 5.92 Å². The predicted molar refractivity (Wildman–Crippen MR) is 107 cm³/mol. The van der Waals surface area contributed by atoms with Crippen molar-refractivity contribution in [2.24, 2.45) is 5.92 Å². The lowest BCUT2D eigenvalue weighted by Gasteiger charge is -2.34. The van der Waals surface area contributed by atoms with Gasteiger partial charge in [-0.1, -0.05) is 42.5 Å². The van der Waals surface area contributed by atoms with E-state index in [1.165, 1.54) is 6.20 Å². The summed E-state index contributed by atoms with van der Waals surface area (Å²) in [5.74, 6) is 0.131. The van der Waals surface area contributed by atoms with E-state index in [2.05, 4.69) is 5.10 Å². The molecule has 2 aromatic carbocycles. The Labute approximate surface area is 163 Å². The highest BCUT2D eigenvalue weighted by Gasteiger charge is 2.28. The van der Waals surface area contributed by atoms with Gasteiger partial charge in [0.05, 0.1) is 17.8 Å². The fraction of sp³-hybridized carbons (Fsp3) is 0.318. The molecule has 28 heavy (non-hydrogen) atoms. The molecule has 1 fully saturated rings. The lowest BCUT2D eigenvalue weighted by molar-refractivity contribution is -0.134. The molecule has 0 aliphatic carbocycles. The Morgan fingerprint density at radius 3 is 2.50 bits per heavy atom. The Morgan fingerprint density at radius 1 is 1.07 bits per heavy atom. The normalized spacial score (nSPS) is 16.2. The Bertz CT molecular complexity index is 1020. The van der Waals surface area contributed by atoms with Gasteiger partial charge in [-0.25, -0.2) is 0 Å². The van der Waals surface area contributed by atoms with E-state index in [-0.39, 0.29) is 23.8 Å². The molecule has 2 heterocycles. The molecule has 0 saturated carbocycles. The molecule has 1 saturated heterocycles. The van der Waals surface area contributed by atoms with Crippen molar-refractivity contribution in [3.63, 3.8) is 0 Å². The minimum Gasteiger partial charge on any atom is -0.388 e. The van der Waals surface area contributed by atoms with Crippen molar-refractivity contribution in [2.45, 2.75) is 25.5 Å². The summed E-state index contributed by atoms with van der Waals surface area (Å²) < 4.78 is 1.59. The van der Waals surface area contributed by atoms with Gasteiger partial charge in [0.1, 0.15) is 6.54 Å². The third kappa shape index (κ3) is 3.68. The number of carbonyl (C=O) groups is 1. The lowest BCUT2D eigenvalue weighted by atomic mass is 9.87. The second-order valence-corrected chi connectivity index (χ2v) is 7.26. The number of aliphatic hydroxyl groups excluding tert-OH is 1. The Balaban J connectivity index is 1.41. The van der Waals surface area contributed by atoms with Gasteiger partial charge in [0.2, 0.25) is 11.3 Å². The number of aromatic nitrogens is 2. The Hall–Kier alpha value is -2.99. The van der Waals surface area contributed by atoms with E-state index in [0.717, 1.165) is 18.4 Å². The summed E-state index contributed by atoms with van der Waals surface area (Å²) in [6.45, 7) is 1.34. The minimum absolute atomic E-state index is 0.0195. The van der Waals surface area contributed by atoms with Gasteiger partial charge < -0.3 is 10.0 Å². The van der Waals surface area contributed by atoms with Gasteiger partial charge in [-0.15, -0.1) is 0 Å². The molecule has 1 unspecified atom stereocenters. The zero-order chi connectivity index (χ0) is 19.5. The molecule has 6 nitrogen and oxygen atoms in total. The smallest absolute Gasteiger partial charge is 0.244 e. The molecule has 144 valence electrons. The molecule has 1 atom stereocenters. The molecule has 1 aromatic heterocycles. The van der Waals surface area contributed by atoms with Crippen molar-refractivity contribution in [2.75, 3.05) is 13.1 Å². The molecule has 1 aliphatic rings. The van der Waals surface area contributed by atoms with Crippen LogP contribution in [-0.2, 0) is 11.3 Å². The summed E-state index contributed by atoms with van der Waals surface area (Å²) in [7, 11) is 0. The zero-order valence-electron chi connectivity index (χ0n) is 15.6. The van der Waals surface area contributed by atoms with E-state index in [0.29, 0.717) is 24.0 Å². The van der Waals surface area contributed by atoms with E-state index in [9.17, 15) is 14.7 Å². The molecule has 1 N–H and O–H groups in total. The summed E-state index contributed by atoms with van der Waals surface area (Å²) in [5.41, 5.74) is 1.45. The average Bonchev–Trinajstić information content (AvgIpc) is 2.76.